The molecule has 3 aromatic rings. The zero-order chi connectivity index (χ0) is 24.1. The van der Waals surface area contributed by atoms with Crippen molar-refractivity contribution in [2.45, 2.75) is 24.7 Å². The lowest BCUT2D eigenvalue weighted by atomic mass is 10.1. The molecule has 1 saturated heterocycles. The number of carbonyl (C=O) groups excluding carboxylic acids is 1. The van der Waals surface area contributed by atoms with Crippen LogP contribution >= 0.6 is 0 Å². The first-order chi connectivity index (χ1) is 16.4. The van der Waals surface area contributed by atoms with Crippen molar-refractivity contribution in [3.63, 3.8) is 0 Å². The zero-order valence-corrected chi connectivity index (χ0v) is 20.0. The van der Waals surface area contributed by atoms with Crippen LogP contribution in [0.3, 0.4) is 0 Å². The monoisotopic (exact) mass is 477 g/mol. The second-order valence-corrected chi connectivity index (χ2v) is 9.69. The molecule has 0 radical (unpaired) electrons. The highest BCUT2D eigenvalue weighted by Gasteiger charge is 2.33. The number of anilines is 1. The summed E-state index contributed by atoms with van der Waals surface area (Å²) >= 11 is 0. The first-order valence-corrected chi connectivity index (χ1v) is 12.5. The molecule has 0 N–H and O–H groups in total. The number of rotatable bonds is 7. The first kappa shape index (κ1) is 23.5. The zero-order valence-electron chi connectivity index (χ0n) is 19.2. The van der Waals surface area contributed by atoms with Gasteiger partial charge in [-0.2, -0.15) is 8.42 Å². The lowest BCUT2D eigenvalue weighted by Gasteiger charge is -2.36. The molecule has 1 aliphatic heterocycles. The molecular weight excluding hydrogens is 450 g/mol. The smallest absolute Gasteiger partial charge is 0.330 e. The minimum absolute atomic E-state index is 0.0965. The van der Waals surface area contributed by atoms with E-state index in [-0.39, 0.29) is 16.8 Å². The Balaban J connectivity index is 1.65. The molecule has 2 amide bonds. The lowest BCUT2D eigenvalue weighted by molar-refractivity contribution is 0.206. The summed E-state index contributed by atoms with van der Waals surface area (Å²) in [4.78, 5) is 16.7. The van der Waals surface area contributed by atoms with E-state index < -0.39 is 10.0 Å². The van der Waals surface area contributed by atoms with Gasteiger partial charge in [-0.25, -0.2) is 9.69 Å². The molecule has 4 rings (SSSR count). The fraction of sp³-hybridized carbons (Fsp3) is 0.231. The normalized spacial score (nSPS) is 15.6. The summed E-state index contributed by atoms with van der Waals surface area (Å²) in [5, 5.41) is 0. The maximum absolute atomic E-state index is 13.5. The molecule has 0 aliphatic carbocycles. The third kappa shape index (κ3) is 5.28. The number of hydrogen-bond acceptors (Lipinski definition) is 4. The van der Waals surface area contributed by atoms with Crippen molar-refractivity contribution in [3.05, 3.63) is 90.0 Å². The highest BCUT2D eigenvalue weighted by atomic mass is 32.2. The van der Waals surface area contributed by atoms with Crippen LogP contribution in [0, 0.1) is 6.92 Å². The lowest BCUT2D eigenvalue weighted by Crippen LogP contribution is -2.53. The number of benzene rings is 3. The number of nitrogens with zero attached hydrogens (tertiary/aromatic N) is 3. The molecular formula is C26H27N3O4S. The Bertz CT molecular complexity index is 1270. The summed E-state index contributed by atoms with van der Waals surface area (Å²) in [7, 11) is -2.41. The molecule has 176 valence electrons. The van der Waals surface area contributed by atoms with Crippen molar-refractivity contribution >= 4 is 27.6 Å². The van der Waals surface area contributed by atoms with Crippen molar-refractivity contribution in [1.82, 2.24) is 4.90 Å². The van der Waals surface area contributed by atoms with Crippen molar-refractivity contribution in [1.29, 1.82) is 0 Å². The van der Waals surface area contributed by atoms with Gasteiger partial charge in [0, 0.05) is 19.5 Å². The number of sulfonamides is 1. The summed E-state index contributed by atoms with van der Waals surface area (Å²) in [6.07, 6.45) is 1.02. The van der Waals surface area contributed by atoms with Gasteiger partial charge in [0.1, 0.15) is 11.6 Å². The highest BCUT2D eigenvalue weighted by molar-refractivity contribution is 7.90. The Hall–Kier alpha value is -3.65. The van der Waals surface area contributed by atoms with E-state index in [4.69, 9.17) is 4.74 Å². The molecule has 0 spiro atoms. The molecule has 0 unspecified atom stereocenters. The molecule has 0 atom stereocenters. The number of methoxy groups -OCH3 is 1. The van der Waals surface area contributed by atoms with Crippen molar-refractivity contribution in [2.75, 3.05) is 25.1 Å². The number of amidine groups is 1. The van der Waals surface area contributed by atoms with Crippen molar-refractivity contribution < 1.29 is 17.9 Å². The summed E-state index contributed by atoms with van der Waals surface area (Å²) in [6, 6.07) is 23.1. The van der Waals surface area contributed by atoms with Gasteiger partial charge in [0.25, 0.3) is 10.0 Å². The number of aryl methyl sites for hydroxylation is 1. The average molecular weight is 478 g/mol. The summed E-state index contributed by atoms with van der Waals surface area (Å²) < 4.78 is 35.4. The van der Waals surface area contributed by atoms with Crippen LogP contribution in [0.4, 0.5) is 10.5 Å². The van der Waals surface area contributed by atoms with E-state index in [2.05, 4.69) is 4.40 Å². The number of urea groups is 1. The minimum Gasteiger partial charge on any atom is -0.497 e. The van der Waals surface area contributed by atoms with Crippen molar-refractivity contribution in [3.8, 4) is 5.75 Å². The van der Waals surface area contributed by atoms with E-state index in [0.717, 1.165) is 11.1 Å². The van der Waals surface area contributed by atoms with E-state index in [1.807, 2.05) is 37.3 Å². The fourth-order valence-corrected chi connectivity index (χ4v) is 4.83. The van der Waals surface area contributed by atoms with Gasteiger partial charge in [-0.15, -0.1) is 4.40 Å². The largest absolute Gasteiger partial charge is 0.497 e. The second kappa shape index (κ2) is 10.1. The Kier molecular flexibility index (Phi) is 6.98. The van der Waals surface area contributed by atoms with E-state index in [9.17, 15) is 13.2 Å². The summed E-state index contributed by atoms with van der Waals surface area (Å²) in [5.74, 6) is 0.839. The van der Waals surface area contributed by atoms with Gasteiger partial charge in [0.15, 0.2) is 0 Å². The molecule has 0 saturated carbocycles. The molecule has 8 heteroatoms. The Morgan fingerprint density at radius 3 is 2.26 bits per heavy atom. The van der Waals surface area contributed by atoms with E-state index in [1.54, 1.807) is 48.4 Å². The van der Waals surface area contributed by atoms with Crippen LogP contribution in [0.2, 0.25) is 0 Å². The van der Waals surface area contributed by atoms with Crippen LogP contribution in [0.5, 0.6) is 5.75 Å². The topological polar surface area (TPSA) is 79.3 Å². The Morgan fingerprint density at radius 2 is 1.62 bits per heavy atom. The van der Waals surface area contributed by atoms with E-state index in [0.29, 0.717) is 37.4 Å². The van der Waals surface area contributed by atoms with Crippen LogP contribution in [-0.4, -0.2) is 45.4 Å². The predicted molar refractivity (Wildman–Crippen MR) is 133 cm³/mol. The average Bonchev–Trinajstić information content (AvgIpc) is 2.84. The molecule has 34 heavy (non-hydrogen) atoms. The Morgan fingerprint density at radius 1 is 0.941 bits per heavy atom. The van der Waals surface area contributed by atoms with Crippen LogP contribution in [0.25, 0.3) is 0 Å². The maximum atomic E-state index is 13.5. The number of amides is 2. The molecule has 1 fully saturated rings. The summed E-state index contributed by atoms with van der Waals surface area (Å²) in [6.45, 7) is 2.80. The Labute approximate surface area is 200 Å². The molecule has 7 nitrogen and oxygen atoms in total. The molecule has 1 heterocycles. The third-order valence-electron chi connectivity index (χ3n) is 5.71. The standard InChI is InChI=1S/C26H27N3O4S/c1-20-8-14-24(15-9-20)34(31,32)27-25-17-19-28(18-16-21-6-4-3-5-7-21)26(30)29(25)22-10-12-23(33-2)13-11-22/h3-15H,16-19H2,1-2H3. The third-order valence-corrected chi connectivity index (χ3v) is 7.03. The van der Waals surface area contributed by atoms with Gasteiger partial charge in [0.05, 0.1) is 17.7 Å². The maximum Gasteiger partial charge on any atom is 0.330 e. The predicted octanol–water partition coefficient (Wildman–Crippen LogP) is 4.67. The van der Waals surface area contributed by atoms with Crippen LogP contribution < -0.4 is 9.64 Å². The highest BCUT2D eigenvalue weighted by Crippen LogP contribution is 2.26. The van der Waals surface area contributed by atoms with E-state index >= 15 is 0 Å². The number of carbonyl (C=O) groups is 1. The van der Waals surface area contributed by atoms with Gasteiger partial charge < -0.3 is 9.64 Å². The van der Waals surface area contributed by atoms with Gasteiger partial charge in [-0.05, 0) is 55.3 Å². The molecule has 3 aromatic carbocycles. The van der Waals surface area contributed by atoms with E-state index in [1.165, 1.54) is 17.0 Å². The SMILES string of the molecule is COc1ccc(N2C(=O)N(CCc3ccccc3)CCC2=NS(=O)(=O)c2ccc(C)cc2)cc1. The number of ether oxygens (including phenoxy) is 1. The van der Waals surface area contributed by atoms with Crippen LogP contribution in [0.1, 0.15) is 17.5 Å². The van der Waals surface area contributed by atoms with Gasteiger partial charge in [-0.3, -0.25) is 0 Å². The summed E-state index contributed by atoms with van der Waals surface area (Å²) in [5.41, 5.74) is 2.62. The molecule has 0 bridgehead atoms. The van der Waals surface area contributed by atoms with Crippen LogP contribution in [-0.2, 0) is 16.4 Å². The van der Waals surface area contributed by atoms with Gasteiger partial charge >= 0.3 is 6.03 Å². The van der Waals surface area contributed by atoms with Gasteiger partial charge in [-0.1, -0.05) is 48.0 Å². The van der Waals surface area contributed by atoms with Crippen molar-refractivity contribution in [2.24, 2.45) is 4.40 Å². The second-order valence-electron chi connectivity index (χ2n) is 8.08. The quantitative estimate of drug-likeness (QED) is 0.496. The number of hydrogen-bond donors (Lipinski definition) is 0. The molecule has 1 aliphatic rings. The van der Waals surface area contributed by atoms with Gasteiger partial charge in [0.2, 0.25) is 0 Å². The van der Waals surface area contributed by atoms with Crippen LogP contribution in [0.15, 0.2) is 88.2 Å². The minimum atomic E-state index is -3.98. The first-order valence-electron chi connectivity index (χ1n) is 11.0. The fourth-order valence-electron chi connectivity index (χ4n) is 3.79. The molecule has 0 aromatic heterocycles.